The van der Waals surface area contributed by atoms with Crippen LogP contribution in [0.2, 0.25) is 0 Å². The van der Waals surface area contributed by atoms with Gasteiger partial charge < -0.3 is 14.8 Å². The molecule has 0 unspecified atom stereocenters. The average molecular weight is 344 g/mol. The molecule has 0 bridgehead atoms. The Balaban J connectivity index is 2.22. The smallest absolute Gasteiger partial charge is 0.242 e. The number of nitrogens with one attached hydrogen (secondary N) is 1. The van der Waals surface area contributed by atoms with E-state index in [1.165, 1.54) is 0 Å². The first kappa shape index (κ1) is 19.0. The fourth-order valence-corrected chi connectivity index (χ4v) is 2.58. The van der Waals surface area contributed by atoms with Crippen molar-refractivity contribution in [3.8, 4) is 0 Å². The van der Waals surface area contributed by atoms with E-state index in [9.17, 15) is 9.59 Å². The van der Waals surface area contributed by atoms with Crippen LogP contribution in [0.3, 0.4) is 0 Å². The number of aromatic nitrogens is 2. The van der Waals surface area contributed by atoms with Crippen LogP contribution in [0.5, 0.6) is 0 Å². The van der Waals surface area contributed by atoms with Gasteiger partial charge >= 0.3 is 0 Å². The van der Waals surface area contributed by atoms with E-state index in [4.69, 9.17) is 0 Å². The fraction of sp³-hybridized carbons (Fsp3) is 0.526. The molecule has 25 heavy (non-hydrogen) atoms. The predicted octanol–water partition coefficient (Wildman–Crippen LogP) is 2.57. The van der Waals surface area contributed by atoms with Crippen molar-refractivity contribution in [2.24, 2.45) is 5.92 Å². The van der Waals surface area contributed by atoms with Crippen LogP contribution in [0.25, 0.3) is 11.0 Å². The van der Waals surface area contributed by atoms with Crippen molar-refractivity contribution in [2.75, 3.05) is 13.6 Å². The summed E-state index contributed by atoms with van der Waals surface area (Å²) in [4.78, 5) is 30.8. The Morgan fingerprint density at radius 1 is 1.28 bits per heavy atom. The molecule has 0 radical (unpaired) electrons. The van der Waals surface area contributed by atoms with E-state index in [1.54, 1.807) is 4.90 Å². The summed E-state index contributed by atoms with van der Waals surface area (Å²) in [6.07, 6.45) is 2.04. The van der Waals surface area contributed by atoms with Crippen LogP contribution in [0, 0.1) is 5.92 Å². The molecule has 0 saturated carbocycles. The van der Waals surface area contributed by atoms with Crippen molar-refractivity contribution >= 4 is 22.8 Å². The number of imidazole rings is 1. The lowest BCUT2D eigenvalue weighted by Crippen LogP contribution is -2.33. The van der Waals surface area contributed by atoms with Gasteiger partial charge in [-0.15, -0.1) is 0 Å². The number of benzene rings is 1. The summed E-state index contributed by atoms with van der Waals surface area (Å²) in [5.74, 6) is 0.644. The van der Waals surface area contributed by atoms with Crippen LogP contribution in [0.1, 0.15) is 39.4 Å². The van der Waals surface area contributed by atoms with Gasteiger partial charge in [0.1, 0.15) is 12.4 Å². The number of unbranched alkanes of at least 4 members (excludes halogenated alkanes) is 1. The highest BCUT2D eigenvalue weighted by molar-refractivity contribution is 5.81. The Hall–Kier alpha value is -2.37. The Morgan fingerprint density at radius 2 is 2.00 bits per heavy atom. The predicted molar refractivity (Wildman–Crippen MR) is 99.0 cm³/mol. The molecule has 0 aliphatic carbocycles. The summed E-state index contributed by atoms with van der Waals surface area (Å²) in [5.41, 5.74) is 1.74. The SMILES string of the molecule is CCCCN(C)C(=O)Cn1c(CNC(=O)C(C)C)nc2ccccc21. The van der Waals surface area contributed by atoms with Crippen LogP contribution >= 0.6 is 0 Å². The Bertz CT molecular complexity index is 736. The number of para-hydroxylation sites is 2. The standard InChI is InChI=1S/C19H28N4O2/c1-5-6-11-22(4)18(24)13-23-16-10-8-7-9-15(16)21-17(23)12-20-19(25)14(2)3/h7-10,14H,5-6,11-13H2,1-4H3,(H,20,25). The van der Waals surface area contributed by atoms with Crippen LogP contribution in [-0.2, 0) is 22.7 Å². The molecule has 1 N–H and O–H groups in total. The molecule has 1 heterocycles. The third kappa shape index (κ3) is 4.81. The summed E-state index contributed by atoms with van der Waals surface area (Å²) >= 11 is 0. The van der Waals surface area contributed by atoms with Crippen molar-refractivity contribution in [1.82, 2.24) is 19.8 Å². The van der Waals surface area contributed by atoms with Gasteiger partial charge in [-0.3, -0.25) is 9.59 Å². The first-order valence-electron chi connectivity index (χ1n) is 8.89. The molecule has 2 rings (SSSR count). The normalized spacial score (nSPS) is 11.1. The van der Waals surface area contributed by atoms with Crippen LogP contribution in [0.15, 0.2) is 24.3 Å². The number of amides is 2. The molecule has 0 spiro atoms. The fourth-order valence-electron chi connectivity index (χ4n) is 2.58. The van der Waals surface area contributed by atoms with E-state index in [-0.39, 0.29) is 24.3 Å². The van der Waals surface area contributed by atoms with Gasteiger partial charge in [0.2, 0.25) is 11.8 Å². The number of hydrogen-bond acceptors (Lipinski definition) is 3. The average Bonchev–Trinajstić information content (AvgIpc) is 2.95. The van der Waals surface area contributed by atoms with Gasteiger partial charge in [-0.25, -0.2) is 4.98 Å². The molecule has 0 saturated heterocycles. The van der Waals surface area contributed by atoms with Gasteiger partial charge in [0, 0.05) is 19.5 Å². The van der Waals surface area contributed by atoms with Gasteiger partial charge in [0.25, 0.3) is 0 Å². The topological polar surface area (TPSA) is 67.2 Å². The van der Waals surface area contributed by atoms with Gasteiger partial charge in [0.05, 0.1) is 17.6 Å². The third-order valence-corrected chi connectivity index (χ3v) is 4.24. The molecule has 2 amide bonds. The van der Waals surface area contributed by atoms with E-state index < -0.39 is 0 Å². The van der Waals surface area contributed by atoms with Crippen molar-refractivity contribution in [3.05, 3.63) is 30.1 Å². The maximum Gasteiger partial charge on any atom is 0.242 e. The van der Waals surface area contributed by atoms with Crippen molar-refractivity contribution in [1.29, 1.82) is 0 Å². The summed E-state index contributed by atoms with van der Waals surface area (Å²) < 4.78 is 1.90. The lowest BCUT2D eigenvalue weighted by Gasteiger charge is -2.18. The maximum atomic E-state index is 12.5. The van der Waals surface area contributed by atoms with E-state index in [1.807, 2.05) is 49.7 Å². The molecular formula is C19H28N4O2. The maximum absolute atomic E-state index is 12.5. The molecule has 0 atom stereocenters. The zero-order valence-corrected chi connectivity index (χ0v) is 15.6. The minimum absolute atomic E-state index is 0.0232. The molecule has 0 aliphatic heterocycles. The molecule has 0 fully saturated rings. The first-order chi connectivity index (χ1) is 11.9. The van der Waals surface area contributed by atoms with E-state index in [0.717, 1.165) is 30.4 Å². The van der Waals surface area contributed by atoms with Crippen molar-refractivity contribution < 1.29 is 9.59 Å². The van der Waals surface area contributed by atoms with Crippen LogP contribution < -0.4 is 5.32 Å². The van der Waals surface area contributed by atoms with Gasteiger partial charge in [-0.1, -0.05) is 39.3 Å². The highest BCUT2D eigenvalue weighted by Crippen LogP contribution is 2.16. The molecule has 2 aromatic rings. The van der Waals surface area contributed by atoms with Crippen LogP contribution in [0.4, 0.5) is 0 Å². The number of nitrogens with zero attached hydrogens (tertiary/aromatic N) is 3. The second kappa shape index (κ2) is 8.65. The molecule has 1 aromatic carbocycles. The molecule has 136 valence electrons. The number of carbonyl (C=O) groups excluding carboxylic acids is 2. The number of hydrogen-bond donors (Lipinski definition) is 1. The Labute approximate surface area is 149 Å². The summed E-state index contributed by atoms with van der Waals surface area (Å²) in [7, 11) is 1.83. The van der Waals surface area contributed by atoms with Crippen molar-refractivity contribution in [3.63, 3.8) is 0 Å². The Morgan fingerprint density at radius 3 is 2.68 bits per heavy atom. The first-order valence-corrected chi connectivity index (χ1v) is 8.89. The summed E-state index contributed by atoms with van der Waals surface area (Å²) in [6, 6.07) is 7.73. The number of fused-ring (bicyclic) bond motifs is 1. The van der Waals surface area contributed by atoms with Gasteiger partial charge in [-0.05, 0) is 18.6 Å². The van der Waals surface area contributed by atoms with E-state index >= 15 is 0 Å². The highest BCUT2D eigenvalue weighted by atomic mass is 16.2. The number of rotatable bonds is 8. The van der Waals surface area contributed by atoms with Crippen LogP contribution in [-0.4, -0.2) is 39.9 Å². The zero-order valence-electron chi connectivity index (χ0n) is 15.6. The summed E-state index contributed by atoms with van der Waals surface area (Å²) in [5, 5.41) is 2.89. The van der Waals surface area contributed by atoms with Gasteiger partial charge in [-0.2, -0.15) is 0 Å². The quantitative estimate of drug-likeness (QED) is 0.800. The molecular weight excluding hydrogens is 316 g/mol. The lowest BCUT2D eigenvalue weighted by molar-refractivity contribution is -0.130. The van der Waals surface area contributed by atoms with Crippen molar-refractivity contribution in [2.45, 2.75) is 46.7 Å². The minimum atomic E-state index is -0.0837. The largest absolute Gasteiger partial charge is 0.349 e. The lowest BCUT2D eigenvalue weighted by atomic mass is 10.2. The van der Waals surface area contributed by atoms with E-state index in [2.05, 4.69) is 17.2 Å². The van der Waals surface area contributed by atoms with E-state index in [0.29, 0.717) is 12.4 Å². The second-order valence-electron chi connectivity index (χ2n) is 6.64. The second-order valence-corrected chi connectivity index (χ2v) is 6.64. The Kier molecular flexibility index (Phi) is 6.56. The number of likely N-dealkylation sites (N-methyl/N-ethyl adjacent to an activating group) is 1. The highest BCUT2D eigenvalue weighted by Gasteiger charge is 2.17. The molecule has 1 aromatic heterocycles. The zero-order chi connectivity index (χ0) is 18.4. The molecule has 6 heteroatoms. The molecule has 0 aliphatic rings. The minimum Gasteiger partial charge on any atom is -0.349 e. The third-order valence-electron chi connectivity index (χ3n) is 4.24. The number of carbonyl (C=O) groups is 2. The van der Waals surface area contributed by atoms with Gasteiger partial charge in [0.15, 0.2) is 0 Å². The monoisotopic (exact) mass is 344 g/mol. The summed E-state index contributed by atoms with van der Waals surface area (Å²) in [6.45, 7) is 7.11. The molecule has 6 nitrogen and oxygen atoms in total.